The van der Waals surface area contributed by atoms with Gasteiger partial charge in [-0.3, -0.25) is 4.79 Å². The highest BCUT2D eigenvalue weighted by atomic mass is 35.5. The number of hydrogen-bond donors (Lipinski definition) is 8. The van der Waals surface area contributed by atoms with Gasteiger partial charge in [0.2, 0.25) is 0 Å². The fraction of sp³-hybridized carbons (Fsp3) is 0.719. The maximum Gasteiger partial charge on any atom is 0.471 e. The molecule has 2 heterocycles. The number of hydrogen-bond acceptors (Lipinski definition) is 16. The van der Waals surface area contributed by atoms with E-state index in [1.807, 2.05) is 6.92 Å². The molecule has 1 amide bonds. The Bertz CT molecular complexity index is 1510. The molecule has 0 saturated heterocycles. The first kappa shape index (κ1) is 46.6. The first-order chi connectivity index (χ1) is 25.6. The van der Waals surface area contributed by atoms with E-state index in [0.717, 1.165) is 18.6 Å². The lowest BCUT2D eigenvalue weighted by molar-refractivity contribution is -0.167. The topological polar surface area (TPSA) is 247 Å². The number of nitrogen functional groups attached to an aromatic ring is 1. The molecule has 2 aliphatic rings. The average Bonchev–Trinajstić information content (AvgIpc) is 3.55. The number of ether oxygens (including phenoxy) is 2. The van der Waals surface area contributed by atoms with Crippen LogP contribution in [-0.4, -0.2) is 137 Å². The molecule has 2 aromatic heterocycles. The molecule has 0 aromatic carbocycles. The van der Waals surface area contributed by atoms with Crippen LogP contribution in [0.1, 0.15) is 50.9 Å². The van der Waals surface area contributed by atoms with Crippen molar-refractivity contribution < 1.29 is 58.1 Å². The number of aliphatic hydroxyl groups is 6. The van der Waals surface area contributed by atoms with Crippen molar-refractivity contribution in [1.29, 1.82) is 0 Å². The summed E-state index contributed by atoms with van der Waals surface area (Å²) in [4.78, 5) is 28.2. The van der Waals surface area contributed by atoms with Crippen LogP contribution in [0, 0.1) is 11.8 Å². The number of aliphatic hydroxyl groups excluding tert-OH is 6. The number of rotatable bonds is 17. The molecule has 9 N–H and O–H groups in total. The van der Waals surface area contributed by atoms with Gasteiger partial charge in [-0.25, -0.2) is 19.9 Å². The zero-order valence-electron chi connectivity index (χ0n) is 29.6. The SMILES string of the molecule is CCCSc1nc(Cl)c(N)c(C[C@@H]2C[C@H](OCCO)[C@@H](O)[C@H]2O)n1.CCCSc1nc(Cl)c(NC(=O)C(F)(F)F)c(C[C@@H]2C[C@H](OCCO)[C@@H](O)[C@H]2O)n1. The molecule has 0 spiro atoms. The van der Waals surface area contributed by atoms with E-state index in [2.05, 4.69) is 26.9 Å². The monoisotopic (exact) mass is 850 g/mol. The summed E-state index contributed by atoms with van der Waals surface area (Å²) in [5.41, 5.74) is 6.49. The molecular weight excluding hydrogens is 804 g/mol. The molecule has 22 heteroatoms. The summed E-state index contributed by atoms with van der Waals surface area (Å²) in [5, 5.41) is 60.8. The second kappa shape index (κ2) is 22.2. The Morgan fingerprint density at radius 3 is 1.69 bits per heavy atom. The number of carbonyl (C=O) groups is 1. The number of nitrogens with two attached hydrogens (primary N) is 1. The van der Waals surface area contributed by atoms with E-state index < -0.39 is 54.6 Å². The third-order valence-electron chi connectivity index (χ3n) is 8.50. The highest BCUT2D eigenvalue weighted by Gasteiger charge is 2.44. The number of halogens is 5. The van der Waals surface area contributed by atoms with E-state index in [4.69, 9.17) is 48.6 Å². The predicted molar refractivity (Wildman–Crippen MR) is 197 cm³/mol. The molecule has 0 unspecified atom stereocenters. The van der Waals surface area contributed by atoms with Crippen molar-refractivity contribution in [2.45, 2.75) is 105 Å². The molecule has 2 fully saturated rings. The molecule has 0 aliphatic heterocycles. The summed E-state index contributed by atoms with van der Waals surface area (Å²) in [6.07, 6.45) is -8.08. The smallest absolute Gasteiger partial charge is 0.395 e. The number of alkyl halides is 3. The number of nitrogens with zero attached hydrogens (tertiary/aromatic N) is 4. The van der Waals surface area contributed by atoms with Crippen LogP contribution in [-0.2, 0) is 27.1 Å². The summed E-state index contributed by atoms with van der Waals surface area (Å²) < 4.78 is 48.8. The summed E-state index contributed by atoms with van der Waals surface area (Å²) in [6, 6.07) is 0. The van der Waals surface area contributed by atoms with Crippen molar-refractivity contribution in [3.8, 4) is 0 Å². The van der Waals surface area contributed by atoms with Gasteiger partial charge in [-0.2, -0.15) is 13.2 Å². The number of aromatic nitrogens is 4. The highest BCUT2D eigenvalue weighted by Crippen LogP contribution is 2.37. The van der Waals surface area contributed by atoms with Crippen LogP contribution >= 0.6 is 46.7 Å². The van der Waals surface area contributed by atoms with Crippen molar-refractivity contribution in [3.63, 3.8) is 0 Å². The quantitative estimate of drug-likeness (QED) is 0.0648. The Hall–Kier alpha value is -1.82. The van der Waals surface area contributed by atoms with E-state index in [0.29, 0.717) is 35.1 Å². The second-order valence-corrected chi connectivity index (χ2v) is 15.4. The Labute approximate surface area is 329 Å². The molecule has 2 saturated carbocycles. The number of amides is 1. The Morgan fingerprint density at radius 2 is 1.24 bits per heavy atom. The van der Waals surface area contributed by atoms with E-state index in [1.165, 1.54) is 23.5 Å². The minimum atomic E-state index is -5.14. The van der Waals surface area contributed by atoms with E-state index in [1.54, 1.807) is 5.32 Å². The molecule has 0 bridgehead atoms. The fourth-order valence-corrected chi connectivity index (χ4v) is 7.81. The van der Waals surface area contributed by atoms with Crippen LogP contribution in [0.25, 0.3) is 0 Å². The minimum Gasteiger partial charge on any atom is -0.395 e. The summed E-state index contributed by atoms with van der Waals surface area (Å²) in [7, 11) is 0. The van der Waals surface area contributed by atoms with Crippen molar-refractivity contribution in [3.05, 3.63) is 21.7 Å². The van der Waals surface area contributed by atoms with Gasteiger partial charge in [0, 0.05) is 11.5 Å². The Balaban J connectivity index is 0.000000297. The zero-order chi connectivity index (χ0) is 40.2. The highest BCUT2D eigenvalue weighted by molar-refractivity contribution is 7.99. The van der Waals surface area contributed by atoms with E-state index in [-0.39, 0.29) is 72.0 Å². The molecular formula is C32H47Cl2F3N6O9S2. The number of anilines is 2. The van der Waals surface area contributed by atoms with Crippen molar-refractivity contribution in [2.75, 3.05) is 49.0 Å². The van der Waals surface area contributed by atoms with Gasteiger partial charge < -0.3 is 51.2 Å². The molecule has 306 valence electrons. The van der Waals surface area contributed by atoms with Crippen molar-refractivity contribution >= 4 is 64.0 Å². The standard InChI is InChI=1S/C17H23ClF3N3O5S.C15H24ClN3O4S/c1-2-5-30-16-22-9(11(14(18)24-16)23-15(28)17(19,20)21)6-8-7-10(29-4-3-25)13(27)12(8)26;1-2-5-24-15-18-9(11(17)14(16)19-15)6-8-7-10(23-4-3-20)13(22)12(8)21/h8,10,12-13,25-27H,2-7H2,1H3,(H,23,28);8,10,12-13,20-22H,2-7,17H2,1H3/t2*8-,10+,12+,13-/m11/s1. The van der Waals surface area contributed by atoms with Gasteiger partial charge >= 0.3 is 12.1 Å². The lowest BCUT2D eigenvalue weighted by Gasteiger charge is -2.19. The van der Waals surface area contributed by atoms with Crippen LogP contribution in [0.2, 0.25) is 10.3 Å². The average molecular weight is 852 g/mol. The normalized spacial score (nSPS) is 25.4. The largest absolute Gasteiger partial charge is 0.471 e. The number of nitrogens with one attached hydrogen (secondary N) is 1. The first-order valence-electron chi connectivity index (χ1n) is 17.2. The molecule has 4 rings (SSSR count). The van der Waals surface area contributed by atoms with Gasteiger partial charge in [-0.15, -0.1) is 0 Å². The van der Waals surface area contributed by atoms with Crippen molar-refractivity contribution in [1.82, 2.24) is 19.9 Å². The van der Waals surface area contributed by atoms with Gasteiger partial charge in [-0.05, 0) is 50.4 Å². The molecule has 2 aliphatic carbocycles. The molecule has 0 radical (unpaired) electrons. The third kappa shape index (κ3) is 13.1. The van der Waals surface area contributed by atoms with E-state index >= 15 is 0 Å². The van der Waals surface area contributed by atoms with E-state index in [9.17, 15) is 38.4 Å². The van der Waals surface area contributed by atoms with Crippen LogP contribution in [0.5, 0.6) is 0 Å². The van der Waals surface area contributed by atoms with Gasteiger partial charge in [0.25, 0.3) is 0 Å². The van der Waals surface area contributed by atoms with Gasteiger partial charge in [-0.1, -0.05) is 60.6 Å². The summed E-state index contributed by atoms with van der Waals surface area (Å²) in [6.45, 7) is 3.69. The van der Waals surface area contributed by atoms with Crippen LogP contribution in [0.3, 0.4) is 0 Å². The van der Waals surface area contributed by atoms with Crippen molar-refractivity contribution in [2.24, 2.45) is 11.8 Å². The Morgan fingerprint density at radius 1 is 0.796 bits per heavy atom. The molecule has 2 aromatic rings. The van der Waals surface area contributed by atoms with Crippen LogP contribution < -0.4 is 11.1 Å². The van der Waals surface area contributed by atoms with Gasteiger partial charge in [0.05, 0.1) is 67.9 Å². The summed E-state index contributed by atoms with van der Waals surface area (Å²) >= 11 is 14.9. The first-order valence-corrected chi connectivity index (χ1v) is 20.0. The summed E-state index contributed by atoms with van der Waals surface area (Å²) in [5.74, 6) is -1.58. The number of carbonyl (C=O) groups excluding carboxylic acids is 1. The van der Waals surface area contributed by atoms with Gasteiger partial charge in [0.1, 0.15) is 17.9 Å². The zero-order valence-corrected chi connectivity index (χ0v) is 32.7. The Kier molecular flexibility index (Phi) is 19.1. The number of thioether (sulfide) groups is 2. The van der Waals surface area contributed by atoms with Crippen LogP contribution in [0.4, 0.5) is 24.5 Å². The van der Waals surface area contributed by atoms with Gasteiger partial charge in [0.15, 0.2) is 20.6 Å². The lowest BCUT2D eigenvalue weighted by atomic mass is 9.98. The predicted octanol–water partition coefficient (Wildman–Crippen LogP) is 2.67. The molecule has 15 nitrogen and oxygen atoms in total. The third-order valence-corrected chi connectivity index (χ3v) is 11.2. The minimum absolute atomic E-state index is 0.0188. The molecule has 54 heavy (non-hydrogen) atoms. The second-order valence-electron chi connectivity index (χ2n) is 12.6. The molecule has 8 atom stereocenters. The maximum absolute atomic E-state index is 12.7. The lowest BCUT2D eigenvalue weighted by Crippen LogP contribution is -2.33. The van der Waals surface area contributed by atoms with Crippen LogP contribution in [0.15, 0.2) is 10.3 Å². The maximum atomic E-state index is 12.7. The fourth-order valence-electron chi connectivity index (χ4n) is 5.84.